The summed E-state index contributed by atoms with van der Waals surface area (Å²) in [7, 11) is 3.04. The zero-order valence-electron chi connectivity index (χ0n) is 19.8. The molecule has 0 fully saturated rings. The second-order valence-corrected chi connectivity index (χ2v) is 8.20. The van der Waals surface area contributed by atoms with Crippen LogP contribution >= 0.6 is 11.7 Å². The topological polar surface area (TPSA) is 101 Å². The molecular weight excluding hydrogens is 475 g/mol. The number of aliphatic carboxylic acids is 1. The third-order valence-corrected chi connectivity index (χ3v) is 6.02. The van der Waals surface area contributed by atoms with Gasteiger partial charge in [0.1, 0.15) is 11.0 Å². The van der Waals surface area contributed by atoms with Crippen molar-refractivity contribution in [2.75, 3.05) is 14.2 Å². The first-order chi connectivity index (χ1) is 16.4. The molecule has 4 rings (SSSR count). The number of fused-ring (bicyclic) bond motifs is 1. The summed E-state index contributed by atoms with van der Waals surface area (Å²) >= 11 is 1.03. The van der Waals surface area contributed by atoms with Crippen molar-refractivity contribution in [1.82, 2.24) is 8.75 Å². The predicted molar refractivity (Wildman–Crippen MR) is 128 cm³/mol. The second kappa shape index (κ2) is 11.6. The summed E-state index contributed by atoms with van der Waals surface area (Å²) in [6.45, 7) is 1.92. The molecule has 172 valence electrons. The first-order valence-corrected chi connectivity index (χ1v) is 11.1. The number of carboxylic acids is 1. The van der Waals surface area contributed by atoms with Gasteiger partial charge < -0.3 is 19.4 Å². The Hall–Kier alpha value is -3.04. The number of allylic oxidation sites excluding steroid dienone is 1. The van der Waals surface area contributed by atoms with Crippen LogP contribution in [0.15, 0.2) is 66.2 Å². The number of aromatic nitrogens is 2. The summed E-state index contributed by atoms with van der Waals surface area (Å²) in [6.07, 6.45) is 0.0454. The molecular formula is C26H21N2NaO5S. The smallest absolute Gasteiger partial charge is 0.545 e. The van der Waals surface area contributed by atoms with Gasteiger partial charge in [-0.3, -0.25) is 4.79 Å². The first kappa shape index (κ1) is 26.6. The predicted octanol–water partition coefficient (Wildman–Crippen LogP) is 0.650. The maximum atomic E-state index is 13.6. The van der Waals surface area contributed by atoms with Crippen molar-refractivity contribution < 1.29 is 53.7 Å². The van der Waals surface area contributed by atoms with Crippen molar-refractivity contribution in [3.05, 3.63) is 88.5 Å². The van der Waals surface area contributed by atoms with Gasteiger partial charge in [-0.15, -0.1) is 0 Å². The standard InChI is InChI=1S/C26H22N2O5S.Na/c1-15-4-7-17(8-5-15)25(29)19(12-16-6-11-22(32-2)23(13-16)33-3)24(26(30)31)18-9-10-20-21(14-18)28-34-27-20;/h4-11,13-14H,12H2,1-3H3,(H,30,31);/q;+1/p-1/b24-19+;. The van der Waals surface area contributed by atoms with E-state index in [1.807, 2.05) is 19.1 Å². The van der Waals surface area contributed by atoms with Gasteiger partial charge in [0, 0.05) is 23.1 Å². The van der Waals surface area contributed by atoms with Crippen LogP contribution in [0.2, 0.25) is 0 Å². The molecule has 0 unspecified atom stereocenters. The fourth-order valence-corrected chi connectivity index (χ4v) is 4.23. The molecule has 1 heterocycles. The van der Waals surface area contributed by atoms with E-state index >= 15 is 0 Å². The number of benzene rings is 3. The van der Waals surface area contributed by atoms with Gasteiger partial charge in [-0.1, -0.05) is 42.0 Å². The number of carbonyl (C=O) groups excluding carboxylic acids is 2. The van der Waals surface area contributed by atoms with E-state index in [2.05, 4.69) is 8.75 Å². The zero-order valence-corrected chi connectivity index (χ0v) is 22.6. The number of Topliss-reactive ketones (excluding diaryl/α,β-unsaturated/α-hetero) is 1. The molecule has 0 aliphatic heterocycles. The number of hydrogen-bond donors (Lipinski definition) is 0. The SMILES string of the molecule is COc1ccc(C/C(C(=O)c2ccc(C)cc2)=C(\C(=O)[O-])c2ccc3nsnc3c2)cc1OC.[Na+]. The monoisotopic (exact) mass is 496 g/mol. The summed E-state index contributed by atoms with van der Waals surface area (Å²) in [5.74, 6) is -0.834. The van der Waals surface area contributed by atoms with Crippen molar-refractivity contribution in [1.29, 1.82) is 0 Å². The molecule has 35 heavy (non-hydrogen) atoms. The second-order valence-electron chi connectivity index (χ2n) is 7.67. The van der Waals surface area contributed by atoms with E-state index in [1.165, 1.54) is 14.2 Å². The molecule has 0 amide bonds. The molecule has 0 atom stereocenters. The van der Waals surface area contributed by atoms with E-state index in [0.29, 0.717) is 39.2 Å². The van der Waals surface area contributed by atoms with Crippen molar-refractivity contribution in [2.24, 2.45) is 0 Å². The number of aryl methyl sites for hydroxylation is 1. The number of rotatable bonds is 8. The first-order valence-electron chi connectivity index (χ1n) is 10.4. The van der Waals surface area contributed by atoms with E-state index in [4.69, 9.17) is 9.47 Å². The minimum atomic E-state index is -1.45. The van der Waals surface area contributed by atoms with Gasteiger partial charge in [0.2, 0.25) is 0 Å². The molecule has 0 spiro atoms. The summed E-state index contributed by atoms with van der Waals surface area (Å²) < 4.78 is 19.0. The normalized spacial score (nSPS) is 11.4. The number of methoxy groups -OCH3 is 2. The van der Waals surface area contributed by atoms with Crippen LogP contribution in [0.3, 0.4) is 0 Å². The van der Waals surface area contributed by atoms with Crippen LogP contribution in [-0.2, 0) is 11.2 Å². The Morgan fingerprint density at radius 1 is 0.857 bits per heavy atom. The molecule has 0 radical (unpaired) electrons. The molecule has 0 bridgehead atoms. The molecule has 1 aromatic heterocycles. The molecule has 9 heteroatoms. The van der Waals surface area contributed by atoms with Crippen LogP contribution in [-0.4, -0.2) is 34.7 Å². The third kappa shape index (κ3) is 5.79. The van der Waals surface area contributed by atoms with Crippen LogP contribution in [0.5, 0.6) is 11.5 Å². The summed E-state index contributed by atoms with van der Waals surface area (Å²) in [4.78, 5) is 26.1. The van der Waals surface area contributed by atoms with Crippen LogP contribution in [0, 0.1) is 6.92 Å². The average Bonchev–Trinajstić information content (AvgIpc) is 3.31. The van der Waals surface area contributed by atoms with Gasteiger partial charge in [-0.25, -0.2) is 0 Å². The van der Waals surface area contributed by atoms with Crippen LogP contribution in [0.1, 0.15) is 27.0 Å². The number of ether oxygens (including phenoxy) is 2. The van der Waals surface area contributed by atoms with Gasteiger partial charge in [0.25, 0.3) is 0 Å². The van der Waals surface area contributed by atoms with Crippen LogP contribution in [0.4, 0.5) is 0 Å². The number of nitrogens with zero attached hydrogens (tertiary/aromatic N) is 2. The van der Waals surface area contributed by atoms with Gasteiger partial charge in [-0.2, -0.15) is 8.75 Å². The molecule has 0 aliphatic carbocycles. The van der Waals surface area contributed by atoms with Crippen LogP contribution in [0.25, 0.3) is 16.6 Å². The maximum Gasteiger partial charge on any atom is 1.00 e. The fraction of sp³-hybridized carbons (Fsp3) is 0.154. The molecule has 7 nitrogen and oxygen atoms in total. The zero-order chi connectivity index (χ0) is 24.2. The molecule has 3 aromatic carbocycles. The van der Waals surface area contributed by atoms with Crippen LogP contribution < -0.4 is 44.1 Å². The Morgan fingerprint density at radius 2 is 1.51 bits per heavy atom. The Balaban J connectivity index is 0.00000342. The minimum Gasteiger partial charge on any atom is -0.545 e. The Morgan fingerprint density at radius 3 is 2.17 bits per heavy atom. The summed E-state index contributed by atoms with van der Waals surface area (Å²) in [5.41, 5.74) is 3.50. The van der Waals surface area contributed by atoms with Gasteiger partial charge in [0.05, 0.1) is 31.9 Å². The number of ketones is 1. The summed E-state index contributed by atoms with van der Waals surface area (Å²) in [5, 5.41) is 12.4. The van der Waals surface area contributed by atoms with E-state index in [9.17, 15) is 14.7 Å². The number of carboxylic acid groups (broad SMARTS) is 1. The minimum absolute atomic E-state index is 0. The maximum absolute atomic E-state index is 13.6. The molecule has 0 saturated heterocycles. The Bertz CT molecular complexity index is 1410. The van der Waals surface area contributed by atoms with Crippen molar-refractivity contribution in [2.45, 2.75) is 13.3 Å². The van der Waals surface area contributed by atoms with E-state index in [1.54, 1.807) is 48.5 Å². The van der Waals surface area contributed by atoms with Crippen molar-refractivity contribution in [3.63, 3.8) is 0 Å². The molecule has 4 aromatic rings. The van der Waals surface area contributed by atoms with Crippen molar-refractivity contribution >= 4 is 40.1 Å². The van der Waals surface area contributed by atoms with Gasteiger partial charge in [-0.05, 0) is 42.3 Å². The molecule has 0 N–H and O–H groups in total. The van der Waals surface area contributed by atoms with E-state index in [-0.39, 0.29) is 47.1 Å². The fourth-order valence-electron chi connectivity index (χ4n) is 3.71. The molecule has 0 saturated carbocycles. The van der Waals surface area contributed by atoms with Gasteiger partial charge in [0.15, 0.2) is 17.3 Å². The Labute approximate surface area is 229 Å². The third-order valence-electron chi connectivity index (χ3n) is 5.47. The molecule has 0 aliphatic rings. The van der Waals surface area contributed by atoms with Crippen molar-refractivity contribution in [3.8, 4) is 11.5 Å². The van der Waals surface area contributed by atoms with Gasteiger partial charge >= 0.3 is 29.6 Å². The number of carbonyl (C=O) groups is 2. The quantitative estimate of drug-likeness (QED) is 0.201. The average molecular weight is 497 g/mol. The summed E-state index contributed by atoms with van der Waals surface area (Å²) in [6, 6.07) is 17.1. The van der Waals surface area contributed by atoms with E-state index < -0.39 is 11.8 Å². The number of hydrogen-bond acceptors (Lipinski definition) is 8. The van der Waals surface area contributed by atoms with E-state index in [0.717, 1.165) is 17.3 Å². The Kier molecular flexibility index (Phi) is 8.80. The largest absolute Gasteiger partial charge is 1.00 e.